The summed E-state index contributed by atoms with van der Waals surface area (Å²) in [6.45, 7) is -1.20. The van der Waals surface area contributed by atoms with Crippen LogP contribution in [0.5, 0.6) is 0 Å². The first-order valence-electron chi connectivity index (χ1n) is 7.33. The molecule has 1 amide bonds. The number of hydrogen-bond acceptors (Lipinski definition) is 2. The highest BCUT2D eigenvalue weighted by Gasteiger charge is 2.39. The molecule has 6 heteroatoms. The summed E-state index contributed by atoms with van der Waals surface area (Å²) in [4.78, 5) is 17.3. The lowest BCUT2D eigenvalue weighted by Gasteiger charge is -2.22. The van der Waals surface area contributed by atoms with Crippen LogP contribution in [0, 0.1) is 0 Å². The number of para-hydroxylation sites is 1. The Morgan fingerprint density at radius 2 is 2.00 bits per heavy atom. The number of rotatable bonds is 4. The van der Waals surface area contributed by atoms with Gasteiger partial charge in [0.25, 0.3) is 0 Å². The third-order valence-corrected chi connectivity index (χ3v) is 3.71. The van der Waals surface area contributed by atoms with Crippen molar-refractivity contribution in [1.29, 1.82) is 0 Å². The van der Waals surface area contributed by atoms with Gasteiger partial charge < -0.3 is 4.90 Å². The van der Waals surface area contributed by atoms with Gasteiger partial charge in [-0.1, -0.05) is 18.2 Å². The van der Waals surface area contributed by atoms with Gasteiger partial charge in [0.05, 0.1) is 5.52 Å². The highest BCUT2D eigenvalue weighted by atomic mass is 19.4. The van der Waals surface area contributed by atoms with Crippen molar-refractivity contribution in [3.05, 3.63) is 48.2 Å². The van der Waals surface area contributed by atoms with Crippen LogP contribution in [0.2, 0.25) is 0 Å². The molecule has 0 aliphatic heterocycles. The molecule has 0 saturated heterocycles. The van der Waals surface area contributed by atoms with Gasteiger partial charge in [-0.25, -0.2) is 0 Å². The summed E-state index contributed by atoms with van der Waals surface area (Å²) in [6.07, 6.45) is 1.27. The van der Waals surface area contributed by atoms with Gasteiger partial charge in [0.15, 0.2) is 0 Å². The molecule has 23 heavy (non-hydrogen) atoms. The maximum Gasteiger partial charge on any atom is 0.406 e. The zero-order chi connectivity index (χ0) is 16.4. The molecular formula is C17H15F3N2O. The van der Waals surface area contributed by atoms with Crippen LogP contribution in [0.1, 0.15) is 18.4 Å². The molecule has 0 radical (unpaired) electrons. The fourth-order valence-corrected chi connectivity index (χ4v) is 2.49. The second kappa shape index (κ2) is 6.02. The van der Waals surface area contributed by atoms with E-state index in [9.17, 15) is 18.0 Å². The summed E-state index contributed by atoms with van der Waals surface area (Å²) in [5.41, 5.74) is 1.53. The summed E-state index contributed by atoms with van der Waals surface area (Å²) in [5.74, 6) is -0.606. The van der Waals surface area contributed by atoms with Gasteiger partial charge in [0.1, 0.15) is 6.54 Å². The van der Waals surface area contributed by atoms with E-state index in [-0.39, 0.29) is 6.04 Å². The van der Waals surface area contributed by atoms with Crippen LogP contribution >= 0.6 is 0 Å². The van der Waals surface area contributed by atoms with Gasteiger partial charge in [-0.15, -0.1) is 0 Å². The number of fused-ring (bicyclic) bond motifs is 1. The fraction of sp³-hybridized carbons (Fsp3) is 0.294. The number of alkyl halides is 3. The van der Waals surface area contributed by atoms with Crippen LogP contribution in [0.3, 0.4) is 0 Å². The van der Waals surface area contributed by atoms with Crippen molar-refractivity contribution in [3.8, 4) is 0 Å². The molecule has 0 N–H and O–H groups in total. The highest BCUT2D eigenvalue weighted by Crippen LogP contribution is 2.30. The Labute approximate surface area is 131 Å². The molecule has 0 bridgehead atoms. The van der Waals surface area contributed by atoms with Crippen molar-refractivity contribution >= 4 is 22.9 Å². The molecule has 2 aromatic rings. The van der Waals surface area contributed by atoms with E-state index < -0.39 is 18.6 Å². The summed E-state index contributed by atoms with van der Waals surface area (Å²) < 4.78 is 37.8. The van der Waals surface area contributed by atoms with Crippen molar-refractivity contribution in [2.75, 3.05) is 6.54 Å². The van der Waals surface area contributed by atoms with Crippen LogP contribution in [0.25, 0.3) is 17.0 Å². The number of pyridine rings is 1. The molecule has 0 atom stereocenters. The molecule has 1 fully saturated rings. The first kappa shape index (κ1) is 15.5. The smallest absolute Gasteiger partial charge is 0.327 e. The lowest BCUT2D eigenvalue weighted by Crippen LogP contribution is -2.39. The lowest BCUT2D eigenvalue weighted by molar-refractivity contribution is -0.159. The van der Waals surface area contributed by atoms with E-state index in [4.69, 9.17) is 0 Å². The third kappa shape index (κ3) is 3.88. The molecule has 120 valence electrons. The van der Waals surface area contributed by atoms with E-state index in [2.05, 4.69) is 4.98 Å². The zero-order valence-electron chi connectivity index (χ0n) is 12.3. The average Bonchev–Trinajstić information content (AvgIpc) is 3.34. The number of halogens is 3. The molecule has 1 aliphatic carbocycles. The lowest BCUT2D eigenvalue weighted by atomic mass is 10.1. The summed E-state index contributed by atoms with van der Waals surface area (Å²) >= 11 is 0. The van der Waals surface area contributed by atoms with Gasteiger partial charge in [-0.3, -0.25) is 9.78 Å². The van der Waals surface area contributed by atoms with Crippen LogP contribution < -0.4 is 0 Å². The highest BCUT2D eigenvalue weighted by molar-refractivity contribution is 5.96. The van der Waals surface area contributed by atoms with Crippen LogP contribution in [-0.2, 0) is 4.79 Å². The van der Waals surface area contributed by atoms with Crippen molar-refractivity contribution < 1.29 is 18.0 Å². The maximum absolute atomic E-state index is 12.6. The first-order chi connectivity index (χ1) is 10.9. The topological polar surface area (TPSA) is 33.2 Å². The second-order valence-corrected chi connectivity index (χ2v) is 5.56. The Morgan fingerprint density at radius 1 is 1.26 bits per heavy atom. The Bertz CT molecular complexity index is 746. The van der Waals surface area contributed by atoms with Gasteiger partial charge in [-0.05, 0) is 36.6 Å². The molecule has 1 heterocycles. The van der Waals surface area contributed by atoms with E-state index in [0.717, 1.165) is 21.4 Å². The van der Waals surface area contributed by atoms with Gasteiger partial charge >= 0.3 is 6.18 Å². The summed E-state index contributed by atoms with van der Waals surface area (Å²) in [5, 5.41) is 0.854. The Morgan fingerprint density at radius 3 is 2.70 bits per heavy atom. The molecule has 0 unspecified atom stereocenters. The van der Waals surface area contributed by atoms with Gasteiger partial charge in [0, 0.05) is 23.7 Å². The maximum atomic E-state index is 12.6. The van der Waals surface area contributed by atoms with Crippen molar-refractivity contribution in [2.24, 2.45) is 0 Å². The summed E-state index contributed by atoms with van der Waals surface area (Å²) in [6, 6.07) is 8.85. The molecular weight excluding hydrogens is 305 g/mol. The minimum Gasteiger partial charge on any atom is -0.327 e. The second-order valence-electron chi connectivity index (χ2n) is 5.56. The van der Waals surface area contributed by atoms with Gasteiger partial charge in [-0.2, -0.15) is 13.2 Å². The summed E-state index contributed by atoms with van der Waals surface area (Å²) in [7, 11) is 0. The standard InChI is InChI=1S/C17H15F3N2O/c18-17(19,20)11-22(13-6-7-13)16(23)8-5-12-9-10-21-15-4-2-1-3-14(12)15/h1-5,8-10,13H,6-7,11H2/b8-5+. The number of benzene rings is 1. The predicted octanol–water partition coefficient (Wildman–Crippen LogP) is 3.80. The first-order valence-corrected chi connectivity index (χ1v) is 7.33. The van der Waals surface area contributed by atoms with Crippen LogP contribution in [0.4, 0.5) is 13.2 Å². The number of aromatic nitrogens is 1. The number of nitrogens with zero attached hydrogens (tertiary/aromatic N) is 2. The largest absolute Gasteiger partial charge is 0.406 e. The zero-order valence-corrected chi connectivity index (χ0v) is 12.3. The minimum atomic E-state index is -4.38. The van der Waals surface area contributed by atoms with E-state index in [1.54, 1.807) is 18.3 Å². The molecule has 1 saturated carbocycles. The molecule has 3 rings (SSSR count). The quantitative estimate of drug-likeness (QED) is 0.803. The molecule has 1 aromatic carbocycles. The molecule has 0 spiro atoms. The SMILES string of the molecule is O=C(/C=C/c1ccnc2ccccc12)N(CC(F)(F)F)C1CC1. The van der Waals surface area contributed by atoms with E-state index in [1.165, 1.54) is 6.08 Å². The molecule has 3 nitrogen and oxygen atoms in total. The van der Waals surface area contributed by atoms with E-state index in [1.807, 2.05) is 24.3 Å². The van der Waals surface area contributed by atoms with E-state index in [0.29, 0.717) is 12.8 Å². The monoisotopic (exact) mass is 320 g/mol. The number of carbonyl (C=O) groups is 1. The minimum absolute atomic E-state index is 0.289. The van der Waals surface area contributed by atoms with E-state index >= 15 is 0 Å². The molecule has 1 aliphatic rings. The Balaban J connectivity index is 1.81. The molecule has 1 aromatic heterocycles. The Kier molecular flexibility index (Phi) is 4.07. The fourth-order valence-electron chi connectivity index (χ4n) is 2.49. The predicted molar refractivity (Wildman–Crippen MR) is 81.6 cm³/mol. The number of amides is 1. The number of carbonyl (C=O) groups excluding carboxylic acids is 1. The van der Waals surface area contributed by atoms with Crippen molar-refractivity contribution in [2.45, 2.75) is 25.1 Å². The van der Waals surface area contributed by atoms with Crippen molar-refractivity contribution in [3.63, 3.8) is 0 Å². The van der Waals surface area contributed by atoms with Crippen LogP contribution in [-0.4, -0.2) is 34.6 Å². The van der Waals surface area contributed by atoms with Crippen molar-refractivity contribution in [1.82, 2.24) is 9.88 Å². The Hall–Kier alpha value is -2.37. The third-order valence-electron chi connectivity index (χ3n) is 3.71. The van der Waals surface area contributed by atoms with Gasteiger partial charge in [0.2, 0.25) is 5.91 Å². The number of hydrogen-bond donors (Lipinski definition) is 0. The normalized spacial score (nSPS) is 15.3. The average molecular weight is 320 g/mol. The van der Waals surface area contributed by atoms with Crippen LogP contribution in [0.15, 0.2) is 42.6 Å².